The number of hydrogen-bond donors (Lipinski definition) is 1. The van der Waals surface area contributed by atoms with Crippen LogP contribution in [0.2, 0.25) is 10.0 Å². The predicted octanol–water partition coefficient (Wildman–Crippen LogP) is 2.91. The van der Waals surface area contributed by atoms with Gasteiger partial charge in [-0.2, -0.15) is 0 Å². The molecule has 2 aliphatic heterocycles. The number of amides is 2. The molecule has 3 heterocycles. The molecule has 1 N–H and O–H groups in total. The van der Waals surface area contributed by atoms with Crippen LogP contribution in [-0.4, -0.2) is 71.7 Å². The normalized spacial score (nSPS) is 18.7. The van der Waals surface area contributed by atoms with E-state index in [1.165, 1.54) is 0 Å². The van der Waals surface area contributed by atoms with Crippen LogP contribution in [0.5, 0.6) is 0 Å². The summed E-state index contributed by atoms with van der Waals surface area (Å²) in [5.74, 6) is 0.427. The van der Waals surface area contributed by atoms with E-state index in [9.17, 15) is 9.59 Å². The average molecular weight is 481 g/mol. The first-order valence-electron chi connectivity index (χ1n) is 10.6. The summed E-state index contributed by atoms with van der Waals surface area (Å²) in [6.07, 6.45) is 1.43. The number of carbonyl (C=O) groups excluding carboxylic acids is 2. The molecule has 2 aromatic rings. The predicted molar refractivity (Wildman–Crippen MR) is 120 cm³/mol. The van der Waals surface area contributed by atoms with Crippen molar-refractivity contribution in [1.29, 1.82) is 0 Å². The lowest BCUT2D eigenvalue weighted by atomic mass is 9.89. The van der Waals surface area contributed by atoms with Crippen LogP contribution in [-0.2, 0) is 16.1 Å². The van der Waals surface area contributed by atoms with Gasteiger partial charge in [-0.15, -0.1) is 0 Å². The summed E-state index contributed by atoms with van der Waals surface area (Å²) in [5.41, 5.74) is 0.818. The number of halogens is 2. The third kappa shape index (κ3) is 5.43. The standard InChI is InChI=1S/C22H26Cl2N4O4/c1-15-10-19(26-32-15)21(30)28-6-4-22(5-7-28)14-27(8-9-31-22)13-20(29)25-12-16-2-3-17(23)11-18(16)24/h2-3,10-11H,4-9,12-14H2,1H3,(H,25,29). The molecule has 2 saturated heterocycles. The van der Waals surface area contributed by atoms with E-state index in [4.69, 9.17) is 32.5 Å². The van der Waals surface area contributed by atoms with E-state index in [0.717, 1.165) is 5.56 Å². The number of rotatable bonds is 5. The van der Waals surface area contributed by atoms with Crippen LogP contribution in [0.3, 0.4) is 0 Å². The van der Waals surface area contributed by atoms with Gasteiger partial charge >= 0.3 is 0 Å². The highest BCUT2D eigenvalue weighted by atomic mass is 35.5. The average Bonchev–Trinajstić information content (AvgIpc) is 3.20. The van der Waals surface area contributed by atoms with Crippen molar-refractivity contribution in [3.8, 4) is 0 Å². The number of aryl methyl sites for hydroxylation is 1. The summed E-state index contributed by atoms with van der Waals surface area (Å²) in [6, 6.07) is 6.88. The highest BCUT2D eigenvalue weighted by Gasteiger charge is 2.41. The van der Waals surface area contributed by atoms with Crippen LogP contribution in [0.1, 0.15) is 34.7 Å². The van der Waals surface area contributed by atoms with E-state index in [-0.39, 0.29) is 24.0 Å². The number of hydrogen-bond acceptors (Lipinski definition) is 6. The minimum Gasteiger partial charge on any atom is -0.372 e. The third-order valence-corrected chi connectivity index (χ3v) is 6.58. The van der Waals surface area contributed by atoms with E-state index in [0.29, 0.717) is 73.7 Å². The van der Waals surface area contributed by atoms with Crippen LogP contribution < -0.4 is 5.32 Å². The van der Waals surface area contributed by atoms with Crippen molar-refractivity contribution >= 4 is 35.0 Å². The molecule has 0 aliphatic carbocycles. The number of likely N-dealkylation sites (tertiary alicyclic amines) is 1. The van der Waals surface area contributed by atoms with Gasteiger partial charge in [0.25, 0.3) is 5.91 Å². The Balaban J connectivity index is 1.27. The zero-order chi connectivity index (χ0) is 22.7. The molecule has 172 valence electrons. The summed E-state index contributed by atoms with van der Waals surface area (Å²) in [5, 5.41) is 7.84. The van der Waals surface area contributed by atoms with E-state index >= 15 is 0 Å². The Morgan fingerprint density at radius 3 is 2.66 bits per heavy atom. The van der Waals surface area contributed by atoms with Crippen LogP contribution in [0.15, 0.2) is 28.8 Å². The number of carbonyl (C=O) groups is 2. The van der Waals surface area contributed by atoms with Crippen LogP contribution in [0, 0.1) is 6.92 Å². The monoisotopic (exact) mass is 480 g/mol. The summed E-state index contributed by atoms with van der Waals surface area (Å²) in [6.45, 7) is 5.48. The molecule has 32 heavy (non-hydrogen) atoms. The molecule has 4 rings (SSSR count). The fraction of sp³-hybridized carbons (Fsp3) is 0.500. The molecule has 0 atom stereocenters. The summed E-state index contributed by atoms with van der Waals surface area (Å²) >= 11 is 12.1. The Morgan fingerprint density at radius 2 is 1.97 bits per heavy atom. The molecule has 0 bridgehead atoms. The van der Waals surface area contributed by atoms with Gasteiger partial charge in [-0.3, -0.25) is 14.5 Å². The largest absolute Gasteiger partial charge is 0.372 e. The third-order valence-electron chi connectivity index (χ3n) is 5.99. The first-order valence-corrected chi connectivity index (χ1v) is 11.4. The SMILES string of the molecule is Cc1cc(C(=O)N2CCC3(CC2)CN(CC(=O)NCc2ccc(Cl)cc2Cl)CCO3)no1. The Bertz CT molecular complexity index is 988. The number of nitrogens with zero attached hydrogens (tertiary/aromatic N) is 3. The maximum Gasteiger partial charge on any atom is 0.276 e. The Morgan fingerprint density at radius 1 is 1.19 bits per heavy atom. The minimum atomic E-state index is -0.339. The van der Waals surface area contributed by atoms with Gasteiger partial charge in [0.15, 0.2) is 5.69 Å². The first-order chi connectivity index (χ1) is 15.3. The molecular formula is C22H26Cl2N4O4. The molecule has 0 saturated carbocycles. The number of benzene rings is 1. The van der Waals surface area contributed by atoms with Crippen molar-refractivity contribution in [3.05, 3.63) is 51.3 Å². The minimum absolute atomic E-state index is 0.0675. The van der Waals surface area contributed by atoms with Gasteiger partial charge in [-0.1, -0.05) is 34.4 Å². The topological polar surface area (TPSA) is 87.9 Å². The molecule has 0 unspecified atom stereocenters. The molecule has 2 aliphatic rings. The molecule has 2 amide bonds. The number of aromatic nitrogens is 1. The molecule has 8 nitrogen and oxygen atoms in total. The number of morpholine rings is 1. The maximum atomic E-state index is 12.6. The lowest BCUT2D eigenvalue weighted by Crippen LogP contribution is -2.58. The molecule has 1 aromatic carbocycles. The van der Waals surface area contributed by atoms with Crippen molar-refractivity contribution in [2.75, 3.05) is 39.3 Å². The quantitative estimate of drug-likeness (QED) is 0.707. The van der Waals surface area contributed by atoms with E-state index < -0.39 is 0 Å². The lowest BCUT2D eigenvalue weighted by Gasteiger charge is -2.47. The van der Waals surface area contributed by atoms with Gasteiger partial charge in [0.1, 0.15) is 5.76 Å². The van der Waals surface area contributed by atoms with Gasteiger partial charge in [0.2, 0.25) is 5.91 Å². The number of ether oxygens (including phenoxy) is 1. The van der Waals surface area contributed by atoms with Gasteiger partial charge < -0.3 is 19.5 Å². The fourth-order valence-electron chi connectivity index (χ4n) is 4.23. The van der Waals surface area contributed by atoms with Crippen molar-refractivity contribution in [2.24, 2.45) is 0 Å². The molecule has 0 radical (unpaired) electrons. The molecule has 1 spiro atoms. The lowest BCUT2D eigenvalue weighted by molar-refractivity contribution is -0.141. The van der Waals surface area contributed by atoms with Gasteiger partial charge in [0.05, 0.1) is 18.8 Å². The zero-order valence-electron chi connectivity index (χ0n) is 17.9. The Labute approximate surface area is 196 Å². The van der Waals surface area contributed by atoms with Gasteiger partial charge in [0, 0.05) is 48.8 Å². The maximum absolute atomic E-state index is 12.6. The van der Waals surface area contributed by atoms with Crippen LogP contribution in [0.4, 0.5) is 0 Å². The Kier molecular flexibility index (Phi) is 7.05. The van der Waals surface area contributed by atoms with Gasteiger partial charge in [-0.05, 0) is 37.5 Å². The molecule has 10 heteroatoms. The number of piperidine rings is 1. The summed E-state index contributed by atoms with van der Waals surface area (Å²) in [4.78, 5) is 29.0. The number of nitrogens with one attached hydrogen (secondary N) is 1. The highest BCUT2D eigenvalue weighted by Crippen LogP contribution is 2.30. The smallest absolute Gasteiger partial charge is 0.276 e. The molecule has 1 aromatic heterocycles. The summed E-state index contributed by atoms with van der Waals surface area (Å²) < 4.78 is 11.2. The van der Waals surface area contributed by atoms with Crippen LogP contribution >= 0.6 is 23.2 Å². The van der Waals surface area contributed by atoms with E-state index in [1.807, 2.05) is 6.07 Å². The Hall–Kier alpha value is -2.13. The van der Waals surface area contributed by atoms with Crippen LogP contribution in [0.25, 0.3) is 0 Å². The van der Waals surface area contributed by atoms with Crippen molar-refractivity contribution in [3.63, 3.8) is 0 Å². The van der Waals surface area contributed by atoms with E-state index in [2.05, 4.69) is 15.4 Å². The zero-order valence-corrected chi connectivity index (χ0v) is 19.4. The van der Waals surface area contributed by atoms with Crippen molar-refractivity contribution in [1.82, 2.24) is 20.3 Å². The van der Waals surface area contributed by atoms with E-state index in [1.54, 1.807) is 30.0 Å². The van der Waals surface area contributed by atoms with Crippen molar-refractivity contribution < 1.29 is 18.8 Å². The second-order valence-corrected chi connectivity index (χ2v) is 9.21. The first kappa shape index (κ1) is 23.0. The fourth-order valence-corrected chi connectivity index (χ4v) is 4.70. The highest BCUT2D eigenvalue weighted by molar-refractivity contribution is 6.35. The summed E-state index contributed by atoms with van der Waals surface area (Å²) in [7, 11) is 0. The van der Waals surface area contributed by atoms with Gasteiger partial charge in [-0.25, -0.2) is 0 Å². The molecule has 2 fully saturated rings. The van der Waals surface area contributed by atoms with Crippen molar-refractivity contribution in [2.45, 2.75) is 31.9 Å². The second-order valence-electron chi connectivity index (χ2n) is 8.37. The second kappa shape index (κ2) is 9.79. The molecular weight excluding hydrogens is 455 g/mol.